The molecule has 1 aliphatic rings. The molecule has 0 amide bonds. The van der Waals surface area contributed by atoms with Gasteiger partial charge in [-0.2, -0.15) is 4.31 Å². The zero-order valence-electron chi connectivity index (χ0n) is 19.3. The first-order valence-electron chi connectivity index (χ1n) is 11.3. The van der Waals surface area contributed by atoms with E-state index in [2.05, 4.69) is 24.8 Å². The summed E-state index contributed by atoms with van der Waals surface area (Å²) in [6.07, 6.45) is 1.63. The molecular weight excluding hydrogens is 436 g/mol. The van der Waals surface area contributed by atoms with Crippen molar-refractivity contribution < 1.29 is 12.8 Å². The minimum absolute atomic E-state index is 0.360. The van der Waals surface area contributed by atoms with E-state index in [1.54, 1.807) is 12.1 Å². The van der Waals surface area contributed by atoms with Crippen molar-refractivity contribution in [2.24, 2.45) is 0 Å². The minimum atomic E-state index is -3.48. The Morgan fingerprint density at radius 1 is 1.03 bits per heavy atom. The first kappa shape index (κ1) is 23.4. The predicted molar refractivity (Wildman–Crippen MR) is 133 cm³/mol. The van der Waals surface area contributed by atoms with Gasteiger partial charge in [-0.25, -0.2) is 13.2 Å². The standard InChI is InChI=1S/C26H30N2O4S/c1-19(2)23-17-24-22(16-26(29)32-25(24)15-20(23)3)18-27-10-12-28(13-11-27)33(30,31)14-9-21-7-5-4-6-8-21/h4-9,14-17,19H,10-13,18H2,1-3H3/b14-9+. The summed E-state index contributed by atoms with van der Waals surface area (Å²) in [6, 6.07) is 15.0. The largest absolute Gasteiger partial charge is 0.423 e. The van der Waals surface area contributed by atoms with Gasteiger partial charge in [0.1, 0.15) is 5.58 Å². The third-order valence-electron chi connectivity index (χ3n) is 6.16. The quantitative estimate of drug-likeness (QED) is 0.506. The summed E-state index contributed by atoms with van der Waals surface area (Å²) >= 11 is 0. The first-order valence-corrected chi connectivity index (χ1v) is 12.8. The van der Waals surface area contributed by atoms with Crippen LogP contribution in [0.3, 0.4) is 0 Å². The Labute approximate surface area is 195 Å². The fourth-order valence-electron chi connectivity index (χ4n) is 4.34. The zero-order valence-corrected chi connectivity index (χ0v) is 20.1. The van der Waals surface area contributed by atoms with E-state index < -0.39 is 10.0 Å². The molecule has 33 heavy (non-hydrogen) atoms. The van der Waals surface area contributed by atoms with Crippen molar-refractivity contribution in [1.29, 1.82) is 0 Å². The van der Waals surface area contributed by atoms with Crippen LogP contribution < -0.4 is 5.63 Å². The van der Waals surface area contributed by atoms with E-state index in [0.717, 1.165) is 22.1 Å². The number of aryl methyl sites for hydroxylation is 1. The average molecular weight is 467 g/mol. The van der Waals surface area contributed by atoms with E-state index in [-0.39, 0.29) is 5.63 Å². The molecule has 0 radical (unpaired) electrons. The van der Waals surface area contributed by atoms with Gasteiger partial charge in [0.15, 0.2) is 0 Å². The van der Waals surface area contributed by atoms with Crippen LogP contribution in [0.1, 0.15) is 42.0 Å². The molecular formula is C26H30N2O4S. The van der Waals surface area contributed by atoms with E-state index in [4.69, 9.17) is 4.42 Å². The van der Waals surface area contributed by atoms with E-state index in [9.17, 15) is 13.2 Å². The van der Waals surface area contributed by atoms with E-state index >= 15 is 0 Å². The van der Waals surface area contributed by atoms with Crippen molar-refractivity contribution in [3.63, 3.8) is 0 Å². The van der Waals surface area contributed by atoms with Gasteiger partial charge < -0.3 is 4.42 Å². The Kier molecular flexibility index (Phi) is 6.83. The SMILES string of the molecule is Cc1cc2oc(=O)cc(CN3CCN(S(=O)(=O)/C=C/c4ccccc4)CC3)c2cc1C(C)C. The molecule has 1 aromatic heterocycles. The lowest BCUT2D eigenvalue weighted by Gasteiger charge is -2.33. The molecule has 1 aliphatic heterocycles. The van der Waals surface area contributed by atoms with E-state index in [1.807, 2.05) is 43.3 Å². The van der Waals surface area contributed by atoms with Crippen LogP contribution in [0.4, 0.5) is 0 Å². The van der Waals surface area contributed by atoms with Crippen LogP contribution in [0.5, 0.6) is 0 Å². The van der Waals surface area contributed by atoms with Gasteiger partial charge >= 0.3 is 5.63 Å². The highest BCUT2D eigenvalue weighted by Crippen LogP contribution is 2.27. The summed E-state index contributed by atoms with van der Waals surface area (Å²) in [5.74, 6) is 0.367. The Morgan fingerprint density at radius 2 is 1.73 bits per heavy atom. The Morgan fingerprint density at radius 3 is 2.39 bits per heavy atom. The van der Waals surface area contributed by atoms with Gasteiger partial charge in [-0.1, -0.05) is 44.2 Å². The van der Waals surface area contributed by atoms with Gasteiger partial charge in [0, 0.05) is 49.6 Å². The molecule has 0 aliphatic carbocycles. The smallest absolute Gasteiger partial charge is 0.336 e. The maximum Gasteiger partial charge on any atom is 0.336 e. The molecule has 2 heterocycles. The first-order chi connectivity index (χ1) is 15.7. The summed E-state index contributed by atoms with van der Waals surface area (Å²) in [6.45, 7) is 8.95. The lowest BCUT2D eigenvalue weighted by Crippen LogP contribution is -2.47. The van der Waals surface area contributed by atoms with E-state index in [0.29, 0.717) is 44.2 Å². The molecule has 0 N–H and O–H groups in total. The molecule has 7 heteroatoms. The number of piperazine rings is 1. The maximum atomic E-state index is 12.7. The molecule has 2 aromatic carbocycles. The van der Waals surface area contributed by atoms with Gasteiger partial charge in [0.25, 0.3) is 0 Å². The zero-order chi connectivity index (χ0) is 23.6. The highest BCUT2D eigenvalue weighted by Gasteiger charge is 2.25. The van der Waals surface area contributed by atoms with Crippen molar-refractivity contribution >= 4 is 27.1 Å². The monoisotopic (exact) mass is 466 g/mol. The number of rotatable bonds is 6. The van der Waals surface area contributed by atoms with Gasteiger partial charge in [-0.3, -0.25) is 4.90 Å². The highest BCUT2D eigenvalue weighted by atomic mass is 32.2. The van der Waals surface area contributed by atoms with Crippen LogP contribution in [0.2, 0.25) is 0 Å². The molecule has 0 unspecified atom stereocenters. The number of hydrogen-bond acceptors (Lipinski definition) is 5. The number of benzene rings is 2. The van der Waals surface area contributed by atoms with E-state index in [1.165, 1.54) is 15.3 Å². The molecule has 0 atom stereocenters. The van der Waals surface area contributed by atoms with Crippen molar-refractivity contribution in [2.75, 3.05) is 26.2 Å². The van der Waals surface area contributed by atoms with Crippen LogP contribution in [-0.2, 0) is 16.6 Å². The molecule has 0 bridgehead atoms. The van der Waals surface area contributed by atoms with Gasteiger partial charge in [0.05, 0.1) is 0 Å². The lowest BCUT2D eigenvalue weighted by atomic mass is 9.95. The summed E-state index contributed by atoms with van der Waals surface area (Å²) in [7, 11) is -3.48. The van der Waals surface area contributed by atoms with Crippen LogP contribution in [0, 0.1) is 6.92 Å². The summed E-state index contributed by atoms with van der Waals surface area (Å²) < 4.78 is 32.5. The second-order valence-electron chi connectivity index (χ2n) is 8.88. The molecule has 1 fully saturated rings. The van der Waals surface area contributed by atoms with Gasteiger partial charge in [-0.15, -0.1) is 0 Å². The topological polar surface area (TPSA) is 70.8 Å². The number of nitrogens with zero attached hydrogens (tertiary/aromatic N) is 2. The van der Waals surface area contributed by atoms with Crippen molar-refractivity contribution in [2.45, 2.75) is 33.2 Å². The molecule has 174 valence electrons. The normalized spacial score (nSPS) is 16.2. The fourth-order valence-corrected chi connectivity index (χ4v) is 5.52. The Bertz CT molecular complexity index is 1320. The summed E-state index contributed by atoms with van der Waals surface area (Å²) in [4.78, 5) is 14.4. The van der Waals surface area contributed by atoms with Crippen molar-refractivity contribution in [1.82, 2.24) is 9.21 Å². The molecule has 0 saturated carbocycles. The van der Waals surface area contributed by atoms with Crippen LogP contribution >= 0.6 is 0 Å². The average Bonchev–Trinajstić information content (AvgIpc) is 2.78. The van der Waals surface area contributed by atoms with Gasteiger partial charge in [0.2, 0.25) is 10.0 Å². The number of hydrogen-bond donors (Lipinski definition) is 0. The fraction of sp³-hybridized carbons (Fsp3) is 0.346. The van der Waals surface area contributed by atoms with Crippen LogP contribution in [0.15, 0.2) is 63.2 Å². The Balaban J connectivity index is 1.48. The molecule has 4 rings (SSSR count). The maximum absolute atomic E-state index is 12.7. The second-order valence-corrected chi connectivity index (χ2v) is 10.7. The highest BCUT2D eigenvalue weighted by molar-refractivity contribution is 7.92. The van der Waals surface area contributed by atoms with Crippen LogP contribution in [0.25, 0.3) is 17.0 Å². The molecule has 1 saturated heterocycles. The summed E-state index contributed by atoms with van der Waals surface area (Å²) in [5, 5.41) is 2.23. The predicted octanol–water partition coefficient (Wildman–Crippen LogP) is 4.34. The van der Waals surface area contributed by atoms with Crippen molar-refractivity contribution in [3.8, 4) is 0 Å². The third kappa shape index (κ3) is 5.43. The van der Waals surface area contributed by atoms with Crippen LogP contribution in [-0.4, -0.2) is 43.8 Å². The second kappa shape index (κ2) is 9.63. The number of fused-ring (bicyclic) bond motifs is 1. The Hall–Kier alpha value is -2.74. The molecule has 0 spiro atoms. The lowest BCUT2D eigenvalue weighted by molar-refractivity contribution is 0.183. The number of sulfonamides is 1. The minimum Gasteiger partial charge on any atom is -0.423 e. The molecule has 6 nitrogen and oxygen atoms in total. The van der Waals surface area contributed by atoms with Crippen molar-refractivity contribution in [3.05, 3.63) is 86.6 Å². The van der Waals surface area contributed by atoms with Gasteiger partial charge in [-0.05, 0) is 53.3 Å². The molecule has 3 aromatic rings. The third-order valence-corrected chi connectivity index (χ3v) is 7.72. The summed E-state index contributed by atoms with van der Waals surface area (Å²) in [5.41, 5.74) is 4.36.